The summed E-state index contributed by atoms with van der Waals surface area (Å²) in [5.74, 6) is 0. The summed E-state index contributed by atoms with van der Waals surface area (Å²) in [5, 5.41) is 13.8. The average molecular weight is 1070 g/mol. The third kappa shape index (κ3) is 7.44. The Morgan fingerprint density at radius 1 is 0.235 bits per heavy atom. The number of fused-ring (bicyclic) bond motifs is 11. The molecule has 5 nitrogen and oxygen atoms in total. The second kappa shape index (κ2) is 19.1. The molecule has 0 aliphatic rings. The van der Waals surface area contributed by atoms with Crippen LogP contribution in [0.3, 0.4) is 0 Å². The molecule has 1 N–H and O–H groups in total. The van der Waals surface area contributed by atoms with E-state index in [1.54, 1.807) is 0 Å². The van der Waals surface area contributed by atoms with Crippen molar-refractivity contribution in [3.05, 3.63) is 303 Å². The summed E-state index contributed by atoms with van der Waals surface area (Å²) < 4.78 is 9.84. The average Bonchev–Trinajstić information content (AvgIpc) is 3.52. The van der Waals surface area contributed by atoms with Crippen LogP contribution in [-0.2, 0) is 0 Å². The number of para-hydroxylation sites is 4. The first-order valence-corrected chi connectivity index (χ1v) is 30.6. The first-order chi connectivity index (χ1) is 40.1. The van der Waals surface area contributed by atoms with Crippen molar-refractivity contribution in [2.24, 2.45) is 0 Å². The predicted octanol–water partition coefficient (Wildman–Crippen LogP) is 15.9. The maximum absolute atomic E-state index is 13.2. The van der Waals surface area contributed by atoms with Crippen molar-refractivity contribution in [1.82, 2.24) is 18.3 Å². The van der Waals surface area contributed by atoms with Crippen molar-refractivity contribution < 1.29 is 4.89 Å². The normalized spacial score (nSPS) is 12.1. The van der Waals surface area contributed by atoms with Crippen LogP contribution in [0.15, 0.2) is 303 Å². The molecule has 0 radical (unpaired) electrons. The molecule has 0 atom stereocenters. The molecule has 0 aliphatic carbocycles. The second-order valence-electron chi connectivity index (χ2n) is 20.9. The summed E-state index contributed by atoms with van der Waals surface area (Å²) in [5.41, 5.74) is 13.3. The number of benzene rings is 12. The molecule has 4 heterocycles. The summed E-state index contributed by atoms with van der Waals surface area (Å²) in [6, 6.07) is 110. The van der Waals surface area contributed by atoms with E-state index in [1.807, 2.05) is 36.4 Å². The van der Waals surface area contributed by atoms with E-state index in [2.05, 4.69) is 285 Å². The van der Waals surface area contributed by atoms with E-state index in [0.717, 1.165) is 82.5 Å². The fraction of sp³-hybridized carbons (Fsp3) is 0. The third-order valence-corrected chi connectivity index (χ3v) is 22.0. The highest BCUT2D eigenvalue weighted by molar-refractivity contribution is 7.91. The van der Waals surface area contributed by atoms with Gasteiger partial charge in [0.1, 0.15) is 15.9 Å². The van der Waals surface area contributed by atoms with Gasteiger partial charge in [-0.05, 0) is 145 Å². The predicted molar refractivity (Wildman–Crippen MR) is 346 cm³/mol. The lowest BCUT2D eigenvalue weighted by Crippen LogP contribution is -2.30. The zero-order chi connectivity index (χ0) is 53.6. The van der Waals surface area contributed by atoms with Crippen LogP contribution in [0, 0.1) is 0 Å². The van der Waals surface area contributed by atoms with Crippen LogP contribution in [0.25, 0.3) is 99.2 Å². The smallest absolute Gasteiger partial charge is 0.238 e. The van der Waals surface area contributed by atoms with Gasteiger partial charge in [-0.15, -0.1) is 0 Å². The van der Waals surface area contributed by atoms with Crippen molar-refractivity contribution in [2.45, 2.75) is 0 Å². The highest BCUT2D eigenvalue weighted by atomic mass is 31.2. The van der Waals surface area contributed by atoms with E-state index < -0.39 is 15.4 Å². The summed E-state index contributed by atoms with van der Waals surface area (Å²) in [4.78, 5) is 13.2. The fourth-order valence-corrected chi connectivity index (χ4v) is 17.8. The summed E-state index contributed by atoms with van der Waals surface area (Å²) in [6.07, 6.45) is 0. The fourth-order valence-electron chi connectivity index (χ4n) is 12.9. The molecule has 16 aromatic rings. The molecule has 0 amide bonds. The molecular formula is C74H51N4OP2+. The molecule has 382 valence electrons. The number of rotatable bonds is 10. The number of aromatic nitrogens is 4. The monoisotopic (exact) mass is 1070 g/mol. The highest BCUT2D eigenvalue weighted by Gasteiger charge is 2.44. The Morgan fingerprint density at radius 2 is 0.531 bits per heavy atom. The molecule has 12 aromatic carbocycles. The minimum atomic E-state index is -3.02. The van der Waals surface area contributed by atoms with Gasteiger partial charge in [-0.1, -0.05) is 182 Å². The molecule has 4 aromatic heterocycles. The van der Waals surface area contributed by atoms with Gasteiger partial charge < -0.3 is 18.3 Å². The third-order valence-electron chi connectivity index (χ3n) is 16.4. The lowest BCUT2D eigenvalue weighted by molar-refractivity contribution is 0.633. The van der Waals surface area contributed by atoms with Gasteiger partial charge in [0.2, 0.25) is 7.49 Å². The Balaban J connectivity index is 0.987. The van der Waals surface area contributed by atoms with Crippen molar-refractivity contribution in [3.8, 4) is 22.7 Å². The molecule has 0 unspecified atom stereocenters. The van der Waals surface area contributed by atoms with Crippen LogP contribution < -0.4 is 31.8 Å². The SMILES string of the molecule is O[P+](c1ccccc1)(c1ccccc1)c1ccc(-n2c3cc(-n4c5ccccc5c5ccccc54)ccc3c3c2c2ccc(-n4c5ccccc5c5ccccc54)cc2n3-c2ccc(P(c3ccccc3)c3ccccc3)cc2)cc1. The molecule has 0 bridgehead atoms. The van der Waals surface area contributed by atoms with E-state index >= 15 is 0 Å². The van der Waals surface area contributed by atoms with Gasteiger partial charge in [-0.2, -0.15) is 0 Å². The molecule has 0 fully saturated rings. The Hall–Kier alpha value is -9.60. The summed E-state index contributed by atoms with van der Waals surface area (Å²) in [7, 11) is -3.84. The largest absolute Gasteiger partial charge is 0.309 e. The van der Waals surface area contributed by atoms with Gasteiger partial charge in [0.15, 0.2) is 0 Å². The molecule has 0 aliphatic heterocycles. The second-order valence-corrected chi connectivity index (χ2v) is 25.9. The van der Waals surface area contributed by atoms with Crippen LogP contribution in [0.1, 0.15) is 0 Å². The van der Waals surface area contributed by atoms with E-state index in [9.17, 15) is 4.89 Å². The number of hydrogen-bond donors (Lipinski definition) is 1. The Kier molecular flexibility index (Phi) is 11.2. The molecule has 0 saturated heterocycles. The van der Waals surface area contributed by atoms with Crippen molar-refractivity contribution >= 4 is 124 Å². The molecular weight excluding hydrogens is 1020 g/mol. The highest BCUT2D eigenvalue weighted by Crippen LogP contribution is 2.51. The van der Waals surface area contributed by atoms with Gasteiger partial charge in [-0.25, -0.2) is 4.89 Å². The van der Waals surface area contributed by atoms with Crippen LogP contribution in [0.4, 0.5) is 0 Å². The Labute approximate surface area is 470 Å². The van der Waals surface area contributed by atoms with Crippen LogP contribution in [0.5, 0.6) is 0 Å². The molecule has 81 heavy (non-hydrogen) atoms. The summed E-state index contributed by atoms with van der Waals surface area (Å²) >= 11 is 0. The number of nitrogens with zero attached hydrogens (tertiary/aromatic N) is 4. The van der Waals surface area contributed by atoms with Gasteiger partial charge in [0.05, 0.1) is 44.1 Å². The lowest BCUT2D eigenvalue weighted by atomic mass is 10.2. The Morgan fingerprint density at radius 3 is 0.914 bits per heavy atom. The standard InChI is InChI=1S/C74H51N4OP2/c79-81(58-25-9-3-10-26-58,59-27-11-4-12-28-59)60-45-39-52(40-46-60)78-72-50-54(76-69-35-19-15-31-63(69)64-32-16-20-36-70(64)76)42-48-66(72)73-74(78)65-47-41-53(75-67-33-17-13-29-61(67)62-30-14-18-34-68(62)75)49-71(65)77(73)51-37-43-57(44-38-51)80(55-21-5-1-6-22-55)56-23-7-2-8-24-56/h1-50,79H/q+1. The van der Waals surface area contributed by atoms with Gasteiger partial charge in [0, 0.05) is 55.1 Å². The quantitative estimate of drug-likeness (QED) is 0.136. The molecule has 0 spiro atoms. The molecule has 7 heteroatoms. The minimum absolute atomic E-state index is 0.827. The molecule has 16 rings (SSSR count). The van der Waals surface area contributed by atoms with Crippen molar-refractivity contribution in [2.75, 3.05) is 0 Å². The molecule has 0 saturated carbocycles. The van der Waals surface area contributed by atoms with Gasteiger partial charge >= 0.3 is 0 Å². The lowest BCUT2D eigenvalue weighted by Gasteiger charge is -2.20. The zero-order valence-electron chi connectivity index (χ0n) is 44.0. The van der Waals surface area contributed by atoms with Crippen molar-refractivity contribution in [1.29, 1.82) is 0 Å². The van der Waals surface area contributed by atoms with Crippen LogP contribution in [0.2, 0.25) is 0 Å². The topological polar surface area (TPSA) is 39.9 Å². The van der Waals surface area contributed by atoms with E-state index in [-0.39, 0.29) is 0 Å². The van der Waals surface area contributed by atoms with Gasteiger partial charge in [-0.3, -0.25) is 0 Å². The van der Waals surface area contributed by atoms with E-state index in [4.69, 9.17) is 0 Å². The first-order valence-electron chi connectivity index (χ1n) is 27.5. The first kappa shape index (κ1) is 47.4. The van der Waals surface area contributed by atoms with Gasteiger partial charge in [0.25, 0.3) is 0 Å². The van der Waals surface area contributed by atoms with E-state index in [1.165, 1.54) is 48.5 Å². The minimum Gasteiger partial charge on any atom is -0.309 e. The maximum atomic E-state index is 13.2. The van der Waals surface area contributed by atoms with Crippen LogP contribution in [-0.4, -0.2) is 23.2 Å². The van der Waals surface area contributed by atoms with Crippen molar-refractivity contribution in [3.63, 3.8) is 0 Å². The zero-order valence-corrected chi connectivity index (χ0v) is 45.8. The Bertz CT molecular complexity index is 4850. The van der Waals surface area contributed by atoms with Crippen LogP contribution >= 0.6 is 15.4 Å². The summed E-state index contributed by atoms with van der Waals surface area (Å²) in [6.45, 7) is 0. The number of hydrogen-bond acceptors (Lipinski definition) is 1. The maximum Gasteiger partial charge on any atom is 0.238 e. The van der Waals surface area contributed by atoms with E-state index in [0.29, 0.717) is 0 Å².